The number of alkyl halides is 3. The maximum atomic E-state index is 12.9. The third kappa shape index (κ3) is 10.5. The fourth-order valence-electron chi connectivity index (χ4n) is 1.99. The van der Waals surface area contributed by atoms with Crippen molar-refractivity contribution < 1.29 is 22.7 Å². The number of nitrogens with zero attached hydrogens (tertiary/aromatic N) is 2. The Morgan fingerprint density at radius 1 is 1.25 bits per heavy atom. The van der Waals surface area contributed by atoms with E-state index in [-0.39, 0.29) is 55.1 Å². The molecular weight excluding hydrogens is 490 g/mol. The first-order valence-corrected chi connectivity index (χ1v) is 8.51. The lowest BCUT2D eigenvalue weighted by atomic mass is 10.1. The average molecular weight is 517 g/mol. The van der Waals surface area contributed by atoms with E-state index in [1.54, 1.807) is 0 Å². The van der Waals surface area contributed by atoms with Gasteiger partial charge in [-0.2, -0.15) is 13.2 Å². The van der Waals surface area contributed by atoms with Gasteiger partial charge in [0, 0.05) is 18.3 Å². The first kappa shape index (κ1) is 26.2. The highest BCUT2D eigenvalue weighted by Gasteiger charge is 2.34. The molecule has 11 heteroatoms. The third-order valence-electron chi connectivity index (χ3n) is 2.95. The number of carbonyl (C=O) groups excluding carboxylic acids is 1. The zero-order valence-corrected chi connectivity index (χ0v) is 18.6. The van der Waals surface area contributed by atoms with Gasteiger partial charge < -0.3 is 20.7 Å². The monoisotopic (exact) mass is 517 g/mol. The molecule has 0 aliphatic heterocycles. The van der Waals surface area contributed by atoms with E-state index in [0.29, 0.717) is 12.5 Å². The Labute approximate surface area is 179 Å². The van der Waals surface area contributed by atoms with E-state index in [2.05, 4.69) is 25.9 Å². The van der Waals surface area contributed by atoms with Gasteiger partial charge in [-0.25, -0.2) is 9.98 Å². The summed E-state index contributed by atoms with van der Waals surface area (Å²) < 4.78 is 43.8. The molecule has 28 heavy (non-hydrogen) atoms. The molecule has 0 radical (unpaired) electrons. The molecule has 0 saturated carbocycles. The molecule has 7 nitrogen and oxygen atoms in total. The van der Waals surface area contributed by atoms with Gasteiger partial charge in [0.25, 0.3) is 0 Å². The summed E-state index contributed by atoms with van der Waals surface area (Å²) in [6.07, 6.45) is -3.30. The maximum Gasteiger partial charge on any atom is 0.421 e. The van der Waals surface area contributed by atoms with E-state index in [0.717, 1.165) is 6.07 Å². The van der Waals surface area contributed by atoms with Crippen molar-refractivity contribution in [3.05, 3.63) is 23.9 Å². The summed E-state index contributed by atoms with van der Waals surface area (Å²) in [4.78, 5) is 19.6. The van der Waals surface area contributed by atoms with E-state index >= 15 is 0 Å². The molecule has 0 spiro atoms. The number of guanidine groups is 1. The summed E-state index contributed by atoms with van der Waals surface area (Å²) in [7, 11) is 0. The van der Waals surface area contributed by atoms with E-state index in [1.807, 2.05) is 27.7 Å². The minimum absolute atomic E-state index is 0. The van der Waals surface area contributed by atoms with Gasteiger partial charge in [0.2, 0.25) is 11.8 Å². The van der Waals surface area contributed by atoms with Crippen molar-refractivity contribution in [3.8, 4) is 5.88 Å². The highest BCUT2D eigenvalue weighted by Crippen LogP contribution is 2.34. The molecule has 1 heterocycles. The lowest BCUT2D eigenvalue weighted by molar-refractivity contribution is -0.139. The Balaban J connectivity index is 0.00000729. The minimum Gasteiger partial charge on any atom is -0.475 e. The van der Waals surface area contributed by atoms with Crippen molar-refractivity contribution >= 4 is 35.8 Å². The molecule has 1 aromatic heterocycles. The Morgan fingerprint density at radius 2 is 1.93 bits per heavy atom. The number of aromatic nitrogens is 1. The van der Waals surface area contributed by atoms with Crippen LogP contribution < -0.4 is 20.7 Å². The van der Waals surface area contributed by atoms with Crippen LogP contribution >= 0.6 is 24.0 Å². The summed E-state index contributed by atoms with van der Waals surface area (Å²) in [5.74, 6) is -0.347. The molecule has 0 fully saturated rings. The number of aliphatic imine (C=N–C) groups is 1. The van der Waals surface area contributed by atoms with Crippen LogP contribution in [0.3, 0.4) is 0 Å². The predicted octanol–water partition coefficient (Wildman–Crippen LogP) is 2.57. The van der Waals surface area contributed by atoms with E-state index in [1.165, 1.54) is 12.3 Å². The number of ether oxygens (including phenoxy) is 1. The molecule has 0 aliphatic carbocycles. The quantitative estimate of drug-likeness (QED) is 0.224. The topological polar surface area (TPSA) is 87.6 Å². The number of pyridine rings is 1. The van der Waals surface area contributed by atoms with Crippen LogP contribution in [0, 0.1) is 0 Å². The fourth-order valence-corrected chi connectivity index (χ4v) is 1.99. The van der Waals surface area contributed by atoms with Crippen LogP contribution in [0.15, 0.2) is 23.3 Å². The standard InChI is InChI=1S/C17H26F3N5O2.HI/c1-5-21-15(24-11-13(26)25-16(2,3)4)23-9-10-27-14-12(17(18,19)20)7-6-8-22-14;/h6-8H,5,9-11H2,1-4H3,(H,25,26)(H2,21,23,24);1H. The zero-order chi connectivity index (χ0) is 20.5. The molecule has 0 aliphatic rings. The lowest BCUT2D eigenvalue weighted by Crippen LogP contribution is -2.43. The van der Waals surface area contributed by atoms with E-state index in [4.69, 9.17) is 4.74 Å². The second-order valence-corrected chi connectivity index (χ2v) is 6.62. The largest absolute Gasteiger partial charge is 0.475 e. The lowest BCUT2D eigenvalue weighted by Gasteiger charge is -2.20. The van der Waals surface area contributed by atoms with Crippen LogP contribution in [-0.4, -0.2) is 48.6 Å². The van der Waals surface area contributed by atoms with Gasteiger partial charge in [-0.05, 0) is 39.8 Å². The normalized spacial score (nSPS) is 12.0. The van der Waals surface area contributed by atoms with Gasteiger partial charge in [-0.1, -0.05) is 0 Å². The summed E-state index contributed by atoms with van der Waals surface area (Å²) in [5.41, 5.74) is -1.28. The third-order valence-corrected chi connectivity index (χ3v) is 2.95. The molecule has 1 rings (SSSR count). The summed E-state index contributed by atoms with van der Waals surface area (Å²) in [6, 6.07) is 2.11. The van der Waals surface area contributed by atoms with Crippen LogP contribution in [0.4, 0.5) is 13.2 Å². The molecule has 160 valence electrons. The Bertz CT molecular complexity index is 648. The van der Waals surface area contributed by atoms with Gasteiger partial charge in [-0.3, -0.25) is 4.79 Å². The van der Waals surface area contributed by atoms with Crippen LogP contribution in [-0.2, 0) is 11.0 Å². The number of nitrogens with one attached hydrogen (secondary N) is 3. The Kier molecular flexibility index (Phi) is 11.2. The van der Waals surface area contributed by atoms with Crippen molar-refractivity contribution in [3.63, 3.8) is 0 Å². The van der Waals surface area contributed by atoms with Gasteiger partial charge >= 0.3 is 6.18 Å². The number of hydrogen-bond donors (Lipinski definition) is 3. The van der Waals surface area contributed by atoms with Crippen molar-refractivity contribution in [2.75, 3.05) is 26.2 Å². The van der Waals surface area contributed by atoms with E-state index < -0.39 is 17.6 Å². The zero-order valence-electron chi connectivity index (χ0n) is 16.3. The Morgan fingerprint density at radius 3 is 2.50 bits per heavy atom. The molecule has 0 saturated heterocycles. The van der Waals surface area contributed by atoms with E-state index in [9.17, 15) is 18.0 Å². The second kappa shape index (κ2) is 11.9. The number of carbonyl (C=O) groups is 1. The van der Waals surface area contributed by atoms with Crippen molar-refractivity contribution in [2.45, 2.75) is 39.4 Å². The molecule has 0 bridgehead atoms. The van der Waals surface area contributed by atoms with Crippen molar-refractivity contribution in [2.24, 2.45) is 4.99 Å². The maximum absolute atomic E-state index is 12.9. The summed E-state index contributed by atoms with van der Waals surface area (Å²) >= 11 is 0. The Hall–Kier alpha value is -1.79. The molecule has 1 amide bonds. The van der Waals surface area contributed by atoms with Gasteiger partial charge in [0.05, 0.1) is 6.54 Å². The first-order chi connectivity index (χ1) is 12.5. The number of hydrogen-bond acceptors (Lipinski definition) is 4. The fraction of sp³-hybridized carbons (Fsp3) is 0.588. The van der Waals surface area contributed by atoms with Gasteiger partial charge in [0.1, 0.15) is 18.7 Å². The number of halogens is 4. The molecule has 0 unspecified atom stereocenters. The average Bonchev–Trinajstić information content (AvgIpc) is 2.54. The summed E-state index contributed by atoms with van der Waals surface area (Å²) in [6.45, 7) is 8.05. The number of rotatable bonds is 7. The highest BCUT2D eigenvalue weighted by atomic mass is 127. The molecule has 3 N–H and O–H groups in total. The summed E-state index contributed by atoms with van der Waals surface area (Å²) in [5, 5.41) is 8.62. The number of amides is 1. The van der Waals surface area contributed by atoms with Crippen LogP contribution in [0.25, 0.3) is 0 Å². The van der Waals surface area contributed by atoms with Crippen LogP contribution in [0.1, 0.15) is 33.3 Å². The van der Waals surface area contributed by atoms with Crippen molar-refractivity contribution in [1.82, 2.24) is 20.9 Å². The molecule has 0 aromatic carbocycles. The van der Waals surface area contributed by atoms with Crippen LogP contribution in [0.2, 0.25) is 0 Å². The minimum atomic E-state index is -4.53. The van der Waals surface area contributed by atoms with Gasteiger partial charge in [0.15, 0.2) is 5.96 Å². The second-order valence-electron chi connectivity index (χ2n) is 6.62. The highest BCUT2D eigenvalue weighted by molar-refractivity contribution is 14.0. The SMILES string of the molecule is CCNC(=NCC(=O)NC(C)(C)C)NCCOc1ncccc1C(F)(F)F.I. The van der Waals surface area contributed by atoms with Crippen molar-refractivity contribution in [1.29, 1.82) is 0 Å². The van der Waals surface area contributed by atoms with Crippen LogP contribution in [0.5, 0.6) is 5.88 Å². The predicted molar refractivity (Wildman–Crippen MR) is 112 cm³/mol. The van der Waals surface area contributed by atoms with Gasteiger partial charge in [-0.15, -0.1) is 24.0 Å². The molecule has 0 atom stereocenters. The first-order valence-electron chi connectivity index (χ1n) is 8.51. The molecular formula is C17H27F3IN5O2. The smallest absolute Gasteiger partial charge is 0.421 e. The molecule has 1 aromatic rings.